The van der Waals surface area contributed by atoms with Crippen LogP contribution in [-0.2, 0) is 4.79 Å². The third kappa shape index (κ3) is 2.90. The van der Waals surface area contributed by atoms with Crippen LogP contribution >= 0.6 is 0 Å². The van der Waals surface area contributed by atoms with Crippen LogP contribution < -0.4 is 5.73 Å². The van der Waals surface area contributed by atoms with Crippen LogP contribution in [0.15, 0.2) is 12.3 Å². The molecule has 0 radical (unpaired) electrons. The number of ketones is 1. The fraction of sp³-hybridized carbons (Fsp3) is 0.571. The Hall–Kier alpha value is -0.790. The van der Waals surface area contributed by atoms with Crippen molar-refractivity contribution in [3.05, 3.63) is 12.3 Å². The highest BCUT2D eigenvalue weighted by atomic mass is 16.1. The van der Waals surface area contributed by atoms with E-state index in [1.807, 2.05) is 13.8 Å². The Morgan fingerprint density at radius 2 is 2.33 bits per heavy atom. The van der Waals surface area contributed by atoms with E-state index in [2.05, 4.69) is 0 Å². The second-order valence-corrected chi connectivity index (χ2v) is 2.07. The summed E-state index contributed by atoms with van der Waals surface area (Å²) in [4.78, 5) is 10.8. The van der Waals surface area contributed by atoms with Gasteiger partial charge in [-0.05, 0) is 18.7 Å². The smallest absolute Gasteiger partial charge is 0.159 e. The summed E-state index contributed by atoms with van der Waals surface area (Å²) in [6, 6.07) is 0. The van der Waals surface area contributed by atoms with Crippen molar-refractivity contribution >= 4 is 5.78 Å². The first-order chi connectivity index (χ1) is 4.22. The van der Waals surface area contributed by atoms with Gasteiger partial charge in [0, 0.05) is 5.92 Å². The third-order valence-corrected chi connectivity index (χ3v) is 1.36. The molecule has 0 amide bonds. The Morgan fingerprint density at radius 1 is 1.78 bits per heavy atom. The number of carbonyl (C=O) groups is 1. The summed E-state index contributed by atoms with van der Waals surface area (Å²) < 4.78 is 0. The maximum absolute atomic E-state index is 10.8. The third-order valence-electron chi connectivity index (χ3n) is 1.36. The van der Waals surface area contributed by atoms with Gasteiger partial charge in [0.2, 0.25) is 0 Å². The van der Waals surface area contributed by atoms with Gasteiger partial charge in [0.1, 0.15) is 0 Å². The first-order valence-corrected chi connectivity index (χ1v) is 3.14. The Morgan fingerprint density at radius 3 is 2.67 bits per heavy atom. The lowest BCUT2D eigenvalue weighted by Crippen LogP contribution is -2.06. The van der Waals surface area contributed by atoms with Crippen LogP contribution in [0.1, 0.15) is 20.3 Å². The van der Waals surface area contributed by atoms with Gasteiger partial charge >= 0.3 is 0 Å². The molecule has 2 N–H and O–H groups in total. The topological polar surface area (TPSA) is 43.1 Å². The second kappa shape index (κ2) is 4.13. The number of carbonyl (C=O) groups excluding carboxylic acids is 1. The van der Waals surface area contributed by atoms with E-state index in [-0.39, 0.29) is 11.7 Å². The van der Waals surface area contributed by atoms with Crippen molar-refractivity contribution in [2.75, 3.05) is 0 Å². The summed E-state index contributed by atoms with van der Waals surface area (Å²) in [5.41, 5.74) is 5.02. The molecular formula is C7H13NO. The summed E-state index contributed by atoms with van der Waals surface area (Å²) >= 11 is 0. The highest BCUT2D eigenvalue weighted by Gasteiger charge is 2.04. The molecule has 0 aromatic rings. The first-order valence-electron chi connectivity index (χ1n) is 3.14. The zero-order valence-electron chi connectivity index (χ0n) is 5.92. The molecule has 0 saturated heterocycles. The van der Waals surface area contributed by atoms with E-state index < -0.39 is 0 Å². The molecule has 0 heterocycles. The molecule has 0 aromatic carbocycles. The number of rotatable bonds is 3. The molecule has 0 bridgehead atoms. The minimum Gasteiger partial charge on any atom is -0.404 e. The largest absolute Gasteiger partial charge is 0.404 e. The molecule has 2 heteroatoms. The summed E-state index contributed by atoms with van der Waals surface area (Å²) in [5, 5.41) is 0. The minimum atomic E-state index is 0.111. The lowest BCUT2D eigenvalue weighted by molar-refractivity contribution is -0.117. The maximum atomic E-state index is 10.8. The molecule has 0 fully saturated rings. The van der Waals surface area contributed by atoms with Crippen LogP contribution in [0.3, 0.4) is 0 Å². The molecule has 0 rings (SSSR count). The Bertz CT molecular complexity index is 118. The Labute approximate surface area is 55.7 Å². The second-order valence-electron chi connectivity index (χ2n) is 2.07. The first kappa shape index (κ1) is 8.21. The molecule has 0 aliphatic carbocycles. The predicted octanol–water partition coefficient (Wildman–Crippen LogP) is 1.07. The predicted molar refractivity (Wildman–Crippen MR) is 37.8 cm³/mol. The summed E-state index contributed by atoms with van der Waals surface area (Å²) in [6.45, 7) is 3.87. The van der Waals surface area contributed by atoms with Crippen molar-refractivity contribution < 1.29 is 4.79 Å². The van der Waals surface area contributed by atoms with Crippen molar-refractivity contribution in [2.45, 2.75) is 20.3 Å². The van der Waals surface area contributed by atoms with Gasteiger partial charge in [0.25, 0.3) is 0 Å². The standard InChI is InChI=1S/C7H13NO/c1-3-6(2)7(9)4-5-8/h4-6H,3,8H2,1-2H3/b5-4-. The van der Waals surface area contributed by atoms with Gasteiger partial charge in [-0.1, -0.05) is 13.8 Å². The van der Waals surface area contributed by atoms with Crippen molar-refractivity contribution in [2.24, 2.45) is 11.7 Å². The molecule has 0 aliphatic heterocycles. The minimum absolute atomic E-state index is 0.111. The molecule has 1 unspecified atom stereocenters. The fourth-order valence-electron chi connectivity index (χ4n) is 0.460. The molecule has 0 aromatic heterocycles. The lowest BCUT2D eigenvalue weighted by Gasteiger charge is -2.00. The molecule has 0 aliphatic rings. The number of hydrogen-bond donors (Lipinski definition) is 1. The average Bonchev–Trinajstić information content (AvgIpc) is 1.87. The van der Waals surface area contributed by atoms with Gasteiger partial charge in [-0.25, -0.2) is 0 Å². The van der Waals surface area contributed by atoms with Crippen LogP contribution in [0.25, 0.3) is 0 Å². The molecule has 0 spiro atoms. The van der Waals surface area contributed by atoms with E-state index in [1.54, 1.807) is 0 Å². The van der Waals surface area contributed by atoms with E-state index >= 15 is 0 Å². The molecule has 2 nitrogen and oxygen atoms in total. The lowest BCUT2D eigenvalue weighted by atomic mass is 10.0. The van der Waals surface area contributed by atoms with Crippen LogP contribution in [0, 0.1) is 5.92 Å². The number of hydrogen-bond acceptors (Lipinski definition) is 2. The average molecular weight is 127 g/mol. The maximum Gasteiger partial charge on any atom is 0.159 e. The summed E-state index contributed by atoms with van der Waals surface area (Å²) in [6.07, 6.45) is 3.58. The van der Waals surface area contributed by atoms with Crippen LogP contribution in [0.2, 0.25) is 0 Å². The quantitative estimate of drug-likeness (QED) is 0.576. The normalized spacial score (nSPS) is 14.0. The Kier molecular flexibility index (Phi) is 3.76. The van der Waals surface area contributed by atoms with E-state index in [9.17, 15) is 4.79 Å². The van der Waals surface area contributed by atoms with E-state index in [4.69, 9.17) is 5.73 Å². The van der Waals surface area contributed by atoms with Crippen LogP contribution in [0.4, 0.5) is 0 Å². The van der Waals surface area contributed by atoms with Crippen molar-refractivity contribution in [3.8, 4) is 0 Å². The van der Waals surface area contributed by atoms with E-state index in [0.717, 1.165) is 6.42 Å². The van der Waals surface area contributed by atoms with Crippen molar-refractivity contribution in [1.29, 1.82) is 0 Å². The molecular weight excluding hydrogens is 114 g/mol. The molecule has 0 saturated carbocycles. The molecule has 9 heavy (non-hydrogen) atoms. The monoisotopic (exact) mass is 127 g/mol. The van der Waals surface area contributed by atoms with Crippen LogP contribution in [0.5, 0.6) is 0 Å². The fourth-order valence-corrected chi connectivity index (χ4v) is 0.460. The van der Waals surface area contributed by atoms with Gasteiger partial charge in [0.05, 0.1) is 0 Å². The summed E-state index contributed by atoms with van der Waals surface area (Å²) in [7, 11) is 0. The molecule has 1 atom stereocenters. The highest BCUT2D eigenvalue weighted by molar-refractivity contribution is 5.91. The van der Waals surface area contributed by atoms with Gasteiger partial charge < -0.3 is 5.73 Å². The van der Waals surface area contributed by atoms with Crippen molar-refractivity contribution in [1.82, 2.24) is 0 Å². The van der Waals surface area contributed by atoms with Gasteiger partial charge in [-0.15, -0.1) is 0 Å². The highest BCUT2D eigenvalue weighted by Crippen LogP contribution is 2.01. The van der Waals surface area contributed by atoms with Gasteiger partial charge in [-0.3, -0.25) is 4.79 Å². The van der Waals surface area contributed by atoms with E-state index in [0.29, 0.717) is 0 Å². The van der Waals surface area contributed by atoms with Gasteiger partial charge in [-0.2, -0.15) is 0 Å². The van der Waals surface area contributed by atoms with Gasteiger partial charge in [0.15, 0.2) is 5.78 Å². The number of allylic oxidation sites excluding steroid dienone is 1. The SMILES string of the molecule is CCC(C)C(=O)/C=C\N. The zero-order valence-corrected chi connectivity index (χ0v) is 5.92. The summed E-state index contributed by atoms with van der Waals surface area (Å²) in [5.74, 6) is 0.227. The van der Waals surface area contributed by atoms with Crippen molar-refractivity contribution in [3.63, 3.8) is 0 Å². The zero-order chi connectivity index (χ0) is 7.28. The van der Waals surface area contributed by atoms with E-state index in [1.165, 1.54) is 12.3 Å². The molecule has 52 valence electrons. The number of nitrogens with two attached hydrogens (primary N) is 1. The van der Waals surface area contributed by atoms with Crippen LogP contribution in [-0.4, -0.2) is 5.78 Å². The Balaban J connectivity index is 3.73.